The van der Waals surface area contributed by atoms with Gasteiger partial charge in [0, 0.05) is 43.2 Å². The van der Waals surface area contributed by atoms with Gasteiger partial charge >= 0.3 is 0 Å². The zero-order valence-corrected chi connectivity index (χ0v) is 14.6. The van der Waals surface area contributed by atoms with Crippen LogP contribution in [0.4, 0.5) is 0 Å². The van der Waals surface area contributed by atoms with Gasteiger partial charge in [-0.2, -0.15) is 0 Å². The molecule has 1 aromatic heterocycles. The Labute approximate surface area is 139 Å². The zero-order valence-electron chi connectivity index (χ0n) is 14.6. The summed E-state index contributed by atoms with van der Waals surface area (Å²) in [6.45, 7) is 11.0. The Balaban J connectivity index is 1.86. The van der Waals surface area contributed by atoms with E-state index in [0.717, 1.165) is 38.6 Å². The molecule has 1 aliphatic heterocycles. The maximum atomic E-state index is 5.09. The summed E-state index contributed by atoms with van der Waals surface area (Å²) in [5, 5.41) is 5.09. The molecule has 1 fully saturated rings. The number of fused-ring (bicyclic) bond motifs is 2. The number of nitrogens with zero attached hydrogens (tertiary/aromatic N) is 2. The van der Waals surface area contributed by atoms with Crippen LogP contribution in [0.15, 0.2) is 12.1 Å². The number of aromatic nitrogens is 1. The minimum Gasteiger partial charge on any atom is -0.310 e. The van der Waals surface area contributed by atoms with Crippen LogP contribution in [0.1, 0.15) is 47.7 Å². The lowest BCUT2D eigenvalue weighted by molar-refractivity contribution is 0.265. The first-order chi connectivity index (χ1) is 11.2. The summed E-state index contributed by atoms with van der Waals surface area (Å²) in [5.74, 6) is 0. The summed E-state index contributed by atoms with van der Waals surface area (Å²) >= 11 is 0. The van der Waals surface area contributed by atoms with E-state index < -0.39 is 0 Å². The number of likely N-dealkylation sites (N-methyl/N-ethyl adjacent to an activating group) is 1. The predicted molar refractivity (Wildman–Crippen MR) is 95.7 cm³/mol. The lowest BCUT2D eigenvalue weighted by Gasteiger charge is -2.30. The summed E-state index contributed by atoms with van der Waals surface area (Å²) in [6.07, 6.45) is 3.76. The minimum absolute atomic E-state index is 0.742. The maximum absolute atomic E-state index is 5.09. The molecule has 3 nitrogen and oxygen atoms in total. The first-order valence-electron chi connectivity index (χ1n) is 9.03. The molecule has 0 atom stereocenters. The molecule has 0 bridgehead atoms. The molecule has 1 N–H and O–H groups in total. The van der Waals surface area contributed by atoms with Crippen molar-refractivity contribution in [2.75, 3.05) is 13.1 Å². The molecule has 3 heteroatoms. The lowest BCUT2D eigenvalue weighted by atomic mass is 9.93. The van der Waals surface area contributed by atoms with Crippen molar-refractivity contribution in [2.45, 2.75) is 59.2 Å². The average Bonchev–Trinajstić information content (AvgIpc) is 3.39. The van der Waals surface area contributed by atoms with Gasteiger partial charge in [-0.3, -0.25) is 9.88 Å². The van der Waals surface area contributed by atoms with Crippen molar-refractivity contribution < 1.29 is 0 Å². The molecule has 1 aromatic carbocycles. The summed E-state index contributed by atoms with van der Waals surface area (Å²) in [6, 6.07) is 5.29. The van der Waals surface area contributed by atoms with Gasteiger partial charge in [0.15, 0.2) is 0 Å². The van der Waals surface area contributed by atoms with E-state index in [1.54, 1.807) is 0 Å². The number of rotatable bonds is 4. The topological polar surface area (TPSA) is 28.2 Å². The normalized spacial score (nSPS) is 18.4. The van der Waals surface area contributed by atoms with Crippen LogP contribution in [0, 0.1) is 13.8 Å². The van der Waals surface area contributed by atoms with Crippen molar-refractivity contribution in [3.63, 3.8) is 0 Å². The largest absolute Gasteiger partial charge is 0.310 e. The molecule has 0 radical (unpaired) electrons. The molecule has 2 aliphatic rings. The molecule has 1 saturated carbocycles. The Morgan fingerprint density at radius 3 is 2.83 bits per heavy atom. The molecular weight excluding hydrogens is 282 g/mol. The lowest BCUT2D eigenvalue weighted by Crippen LogP contribution is -2.32. The highest BCUT2D eigenvalue weighted by Gasteiger charge is 2.25. The van der Waals surface area contributed by atoms with Gasteiger partial charge in [0.05, 0.1) is 5.52 Å². The molecule has 23 heavy (non-hydrogen) atoms. The number of aryl methyl sites for hydroxylation is 2. The number of nitrogens with one attached hydrogen (secondary N) is 1. The monoisotopic (exact) mass is 309 g/mol. The fourth-order valence-electron chi connectivity index (χ4n) is 3.69. The molecule has 1 aliphatic carbocycles. The SMILES string of the molecule is CCN1CCc2nc3c(C)c(C)ccc3c(CNC3CC3)c2C1. The fraction of sp³-hybridized carbons (Fsp3) is 0.550. The van der Waals surface area contributed by atoms with E-state index in [1.165, 1.54) is 51.7 Å². The highest BCUT2D eigenvalue weighted by atomic mass is 15.1. The van der Waals surface area contributed by atoms with Gasteiger partial charge in [-0.05, 0) is 55.5 Å². The maximum Gasteiger partial charge on any atom is 0.0740 e. The highest BCUT2D eigenvalue weighted by Crippen LogP contribution is 2.31. The van der Waals surface area contributed by atoms with Crippen molar-refractivity contribution in [2.24, 2.45) is 0 Å². The number of hydrogen-bond acceptors (Lipinski definition) is 3. The van der Waals surface area contributed by atoms with Gasteiger partial charge in [0.25, 0.3) is 0 Å². The van der Waals surface area contributed by atoms with Crippen LogP contribution in [-0.2, 0) is 19.5 Å². The standard InChI is InChI=1S/C20H27N3/c1-4-23-10-9-19-18(12-23)17(11-21-15-6-7-15)16-8-5-13(2)14(3)20(16)22-19/h5,8,15,21H,4,6-7,9-12H2,1-3H3. The predicted octanol–water partition coefficient (Wildman–Crippen LogP) is 3.48. The Kier molecular flexibility index (Phi) is 3.86. The molecule has 122 valence electrons. The van der Waals surface area contributed by atoms with E-state index in [1.807, 2.05) is 0 Å². The summed E-state index contributed by atoms with van der Waals surface area (Å²) in [7, 11) is 0. The van der Waals surface area contributed by atoms with Gasteiger partial charge < -0.3 is 5.32 Å². The Hall–Kier alpha value is -1.45. The van der Waals surface area contributed by atoms with Gasteiger partial charge in [0.1, 0.15) is 0 Å². The third kappa shape index (κ3) is 2.77. The Morgan fingerprint density at radius 1 is 1.26 bits per heavy atom. The smallest absolute Gasteiger partial charge is 0.0740 e. The first-order valence-corrected chi connectivity index (χ1v) is 9.03. The van der Waals surface area contributed by atoms with E-state index in [-0.39, 0.29) is 0 Å². The van der Waals surface area contributed by atoms with Crippen LogP contribution in [0.25, 0.3) is 10.9 Å². The number of benzene rings is 1. The second kappa shape index (κ2) is 5.88. The van der Waals surface area contributed by atoms with Gasteiger partial charge in [0.2, 0.25) is 0 Å². The Bertz CT molecular complexity index is 746. The second-order valence-electron chi connectivity index (χ2n) is 7.19. The fourth-order valence-corrected chi connectivity index (χ4v) is 3.69. The van der Waals surface area contributed by atoms with Gasteiger partial charge in [-0.1, -0.05) is 19.1 Å². The third-order valence-corrected chi connectivity index (χ3v) is 5.62. The van der Waals surface area contributed by atoms with Gasteiger partial charge in [-0.15, -0.1) is 0 Å². The van der Waals surface area contributed by atoms with Crippen molar-refractivity contribution in [1.29, 1.82) is 0 Å². The average molecular weight is 309 g/mol. The number of hydrogen-bond donors (Lipinski definition) is 1. The molecule has 0 unspecified atom stereocenters. The van der Waals surface area contributed by atoms with Crippen LogP contribution in [0.3, 0.4) is 0 Å². The van der Waals surface area contributed by atoms with E-state index in [0.29, 0.717) is 0 Å². The highest BCUT2D eigenvalue weighted by molar-refractivity contribution is 5.87. The van der Waals surface area contributed by atoms with Crippen LogP contribution < -0.4 is 5.32 Å². The quantitative estimate of drug-likeness (QED) is 0.937. The van der Waals surface area contributed by atoms with Crippen molar-refractivity contribution in [1.82, 2.24) is 15.2 Å². The van der Waals surface area contributed by atoms with Crippen molar-refractivity contribution in [3.8, 4) is 0 Å². The van der Waals surface area contributed by atoms with E-state index >= 15 is 0 Å². The minimum atomic E-state index is 0.742. The third-order valence-electron chi connectivity index (χ3n) is 5.62. The van der Waals surface area contributed by atoms with Crippen LogP contribution >= 0.6 is 0 Å². The molecule has 2 aromatic rings. The molecular formula is C20H27N3. The van der Waals surface area contributed by atoms with Crippen molar-refractivity contribution >= 4 is 10.9 Å². The second-order valence-corrected chi connectivity index (χ2v) is 7.19. The molecule has 0 saturated heterocycles. The molecule has 0 amide bonds. The molecule has 2 heterocycles. The van der Waals surface area contributed by atoms with Crippen molar-refractivity contribution in [3.05, 3.63) is 40.1 Å². The van der Waals surface area contributed by atoms with Gasteiger partial charge in [-0.25, -0.2) is 0 Å². The van der Waals surface area contributed by atoms with E-state index in [2.05, 4.69) is 43.1 Å². The molecule has 0 spiro atoms. The van der Waals surface area contributed by atoms with Crippen LogP contribution in [0.5, 0.6) is 0 Å². The summed E-state index contributed by atoms with van der Waals surface area (Å²) in [5.41, 5.74) is 8.23. The van der Waals surface area contributed by atoms with E-state index in [9.17, 15) is 0 Å². The van der Waals surface area contributed by atoms with Crippen LogP contribution in [-0.4, -0.2) is 29.0 Å². The van der Waals surface area contributed by atoms with E-state index in [4.69, 9.17) is 4.98 Å². The van der Waals surface area contributed by atoms with Crippen LogP contribution in [0.2, 0.25) is 0 Å². The molecule has 4 rings (SSSR count). The summed E-state index contributed by atoms with van der Waals surface area (Å²) in [4.78, 5) is 7.63. The number of pyridine rings is 1. The summed E-state index contributed by atoms with van der Waals surface area (Å²) < 4.78 is 0. The zero-order chi connectivity index (χ0) is 16.0. The first kappa shape index (κ1) is 15.1. The Morgan fingerprint density at radius 2 is 2.09 bits per heavy atom.